The van der Waals surface area contributed by atoms with Crippen molar-refractivity contribution < 1.29 is 0 Å². The van der Waals surface area contributed by atoms with Gasteiger partial charge in [0.2, 0.25) is 0 Å². The van der Waals surface area contributed by atoms with Crippen LogP contribution in [0.1, 0.15) is 51.0 Å². The third kappa shape index (κ3) is 5.30. The monoisotopic (exact) mass is 291 g/mol. The molecule has 0 spiro atoms. The summed E-state index contributed by atoms with van der Waals surface area (Å²) < 4.78 is 0. The van der Waals surface area contributed by atoms with Gasteiger partial charge in [-0.2, -0.15) is 0 Å². The molecule has 0 aromatic heterocycles. The molecule has 0 saturated carbocycles. The first-order valence-electron chi connectivity index (χ1n) is 7.93. The maximum atomic E-state index is 6.09. The van der Waals surface area contributed by atoms with Crippen LogP contribution in [0, 0.1) is 0 Å². The van der Waals surface area contributed by atoms with Crippen molar-refractivity contribution in [2.75, 3.05) is 6.54 Å². The van der Waals surface area contributed by atoms with Crippen LogP contribution in [-0.4, -0.2) is 12.6 Å². The highest BCUT2D eigenvalue weighted by molar-refractivity contribution is 6.30. The van der Waals surface area contributed by atoms with E-state index < -0.39 is 0 Å². The van der Waals surface area contributed by atoms with Gasteiger partial charge in [-0.1, -0.05) is 42.3 Å². The molecule has 0 fully saturated rings. The minimum absolute atomic E-state index is 0.540. The fourth-order valence-electron chi connectivity index (χ4n) is 2.92. The highest BCUT2D eigenvalue weighted by Gasteiger charge is 2.13. The van der Waals surface area contributed by atoms with Crippen molar-refractivity contribution >= 4 is 11.6 Å². The van der Waals surface area contributed by atoms with Crippen LogP contribution in [0.25, 0.3) is 0 Å². The fourth-order valence-corrected chi connectivity index (χ4v) is 3.13. The Kier molecular flexibility index (Phi) is 6.62. The van der Waals surface area contributed by atoms with Gasteiger partial charge in [-0.05, 0) is 69.2 Å². The van der Waals surface area contributed by atoms with E-state index in [4.69, 9.17) is 11.6 Å². The number of nitrogens with one attached hydrogen (secondary N) is 1. The van der Waals surface area contributed by atoms with Crippen LogP contribution in [0.15, 0.2) is 35.9 Å². The average molecular weight is 292 g/mol. The number of benzene rings is 1. The molecule has 1 nitrogen and oxygen atoms in total. The van der Waals surface area contributed by atoms with Gasteiger partial charge in [-0.15, -0.1) is 0 Å². The van der Waals surface area contributed by atoms with Crippen LogP contribution >= 0.6 is 11.6 Å². The van der Waals surface area contributed by atoms with E-state index in [2.05, 4.69) is 36.5 Å². The van der Waals surface area contributed by atoms with Crippen molar-refractivity contribution in [2.24, 2.45) is 0 Å². The second-order valence-corrected chi connectivity index (χ2v) is 6.23. The van der Waals surface area contributed by atoms with Crippen molar-refractivity contribution in [2.45, 2.75) is 57.9 Å². The van der Waals surface area contributed by atoms with Crippen molar-refractivity contribution in [3.05, 3.63) is 46.5 Å². The van der Waals surface area contributed by atoms with Gasteiger partial charge in [0.25, 0.3) is 0 Å². The maximum Gasteiger partial charge on any atom is 0.0408 e. The Morgan fingerprint density at radius 3 is 2.85 bits per heavy atom. The molecule has 1 N–H and O–H groups in total. The Balaban J connectivity index is 1.97. The zero-order valence-corrected chi connectivity index (χ0v) is 13.3. The molecule has 110 valence electrons. The van der Waals surface area contributed by atoms with Crippen molar-refractivity contribution in [1.82, 2.24) is 5.32 Å². The standard InChI is InChI=1S/C18H26ClN/c1-2-11-20-18(13-15-7-4-3-5-8-15)14-16-9-6-10-17(19)12-16/h6-7,9-10,12,18,20H,2-5,8,11,13-14H2,1H3. The van der Waals surface area contributed by atoms with Gasteiger partial charge >= 0.3 is 0 Å². The van der Waals surface area contributed by atoms with Gasteiger partial charge in [0, 0.05) is 11.1 Å². The van der Waals surface area contributed by atoms with Crippen LogP contribution in [0.4, 0.5) is 0 Å². The normalized spacial score (nSPS) is 16.8. The zero-order chi connectivity index (χ0) is 14.2. The van der Waals surface area contributed by atoms with E-state index in [9.17, 15) is 0 Å². The lowest BCUT2D eigenvalue weighted by Gasteiger charge is -2.22. The van der Waals surface area contributed by atoms with E-state index in [1.165, 1.54) is 44.1 Å². The Morgan fingerprint density at radius 1 is 1.25 bits per heavy atom. The molecular weight excluding hydrogens is 266 g/mol. The number of allylic oxidation sites excluding steroid dienone is 1. The molecule has 1 unspecified atom stereocenters. The number of rotatable bonds is 7. The minimum atomic E-state index is 0.540. The van der Waals surface area contributed by atoms with Crippen molar-refractivity contribution in [1.29, 1.82) is 0 Å². The summed E-state index contributed by atoms with van der Waals surface area (Å²) in [5, 5.41) is 4.54. The molecule has 1 aromatic carbocycles. The van der Waals surface area contributed by atoms with E-state index >= 15 is 0 Å². The Hall–Kier alpha value is -0.790. The molecular formula is C18H26ClN. The summed E-state index contributed by atoms with van der Waals surface area (Å²) in [6.07, 6.45) is 11.2. The summed E-state index contributed by atoms with van der Waals surface area (Å²) in [6, 6.07) is 8.81. The second kappa shape index (κ2) is 8.49. The van der Waals surface area contributed by atoms with E-state index in [1.807, 2.05) is 6.07 Å². The van der Waals surface area contributed by atoms with E-state index in [0.717, 1.165) is 18.0 Å². The quantitative estimate of drug-likeness (QED) is 0.686. The van der Waals surface area contributed by atoms with Crippen LogP contribution < -0.4 is 5.32 Å². The van der Waals surface area contributed by atoms with Gasteiger partial charge in [0.1, 0.15) is 0 Å². The summed E-state index contributed by atoms with van der Waals surface area (Å²) in [6.45, 7) is 3.32. The number of hydrogen-bond donors (Lipinski definition) is 1. The molecule has 0 heterocycles. The zero-order valence-electron chi connectivity index (χ0n) is 12.5. The SMILES string of the molecule is CCCNC(CC1=CCCCC1)Cc1cccc(Cl)c1. The molecule has 0 radical (unpaired) electrons. The molecule has 2 rings (SSSR count). The molecule has 1 aromatic rings. The molecule has 20 heavy (non-hydrogen) atoms. The second-order valence-electron chi connectivity index (χ2n) is 5.80. The van der Waals surface area contributed by atoms with E-state index in [-0.39, 0.29) is 0 Å². The lowest BCUT2D eigenvalue weighted by Crippen LogP contribution is -2.32. The third-order valence-electron chi connectivity index (χ3n) is 3.95. The van der Waals surface area contributed by atoms with Crippen LogP contribution in [-0.2, 0) is 6.42 Å². The van der Waals surface area contributed by atoms with Gasteiger partial charge in [-0.25, -0.2) is 0 Å². The lowest BCUT2D eigenvalue weighted by atomic mass is 9.92. The minimum Gasteiger partial charge on any atom is -0.313 e. The average Bonchev–Trinajstić information content (AvgIpc) is 2.46. The summed E-state index contributed by atoms with van der Waals surface area (Å²) >= 11 is 6.09. The molecule has 0 bridgehead atoms. The Morgan fingerprint density at radius 2 is 2.15 bits per heavy atom. The Labute approximate surface area is 128 Å². The van der Waals surface area contributed by atoms with Crippen molar-refractivity contribution in [3.63, 3.8) is 0 Å². The summed E-state index contributed by atoms with van der Waals surface area (Å²) in [5.41, 5.74) is 2.98. The molecule has 1 atom stereocenters. The lowest BCUT2D eigenvalue weighted by molar-refractivity contribution is 0.490. The first kappa shape index (κ1) is 15.6. The van der Waals surface area contributed by atoms with Crippen LogP contribution in [0.3, 0.4) is 0 Å². The first-order valence-corrected chi connectivity index (χ1v) is 8.31. The van der Waals surface area contributed by atoms with Gasteiger partial charge < -0.3 is 5.32 Å². The van der Waals surface area contributed by atoms with Gasteiger partial charge in [-0.3, -0.25) is 0 Å². The highest BCUT2D eigenvalue weighted by Crippen LogP contribution is 2.23. The van der Waals surface area contributed by atoms with Crippen LogP contribution in [0.2, 0.25) is 5.02 Å². The van der Waals surface area contributed by atoms with E-state index in [1.54, 1.807) is 5.57 Å². The van der Waals surface area contributed by atoms with E-state index in [0.29, 0.717) is 6.04 Å². The Bertz CT molecular complexity index is 439. The first-order chi connectivity index (χ1) is 9.78. The smallest absolute Gasteiger partial charge is 0.0408 e. The highest BCUT2D eigenvalue weighted by atomic mass is 35.5. The summed E-state index contributed by atoms with van der Waals surface area (Å²) in [7, 11) is 0. The molecule has 0 amide bonds. The predicted molar refractivity (Wildman–Crippen MR) is 88.4 cm³/mol. The van der Waals surface area contributed by atoms with Crippen molar-refractivity contribution in [3.8, 4) is 0 Å². The molecule has 1 aliphatic carbocycles. The fraction of sp³-hybridized carbons (Fsp3) is 0.556. The number of hydrogen-bond acceptors (Lipinski definition) is 1. The summed E-state index contributed by atoms with van der Waals surface area (Å²) in [4.78, 5) is 0. The number of halogens is 1. The van der Waals surface area contributed by atoms with Gasteiger partial charge in [0.05, 0.1) is 0 Å². The largest absolute Gasteiger partial charge is 0.313 e. The molecule has 1 aliphatic rings. The maximum absolute atomic E-state index is 6.09. The molecule has 0 aliphatic heterocycles. The van der Waals surface area contributed by atoms with Gasteiger partial charge in [0.15, 0.2) is 0 Å². The van der Waals surface area contributed by atoms with Crippen LogP contribution in [0.5, 0.6) is 0 Å². The third-order valence-corrected chi connectivity index (χ3v) is 4.18. The predicted octanol–water partition coefficient (Wildman–Crippen LogP) is 5.14. The molecule has 2 heteroatoms. The topological polar surface area (TPSA) is 12.0 Å². The molecule has 0 saturated heterocycles. The summed E-state index contributed by atoms with van der Waals surface area (Å²) in [5.74, 6) is 0.